The summed E-state index contributed by atoms with van der Waals surface area (Å²) in [6.45, 7) is 15.0. The maximum absolute atomic E-state index is 14.1. The van der Waals surface area contributed by atoms with Gasteiger partial charge in [-0.3, -0.25) is 4.79 Å². The van der Waals surface area contributed by atoms with E-state index in [1.807, 2.05) is 58.1 Å². The van der Waals surface area contributed by atoms with Crippen LogP contribution in [-0.4, -0.2) is 71.8 Å². The van der Waals surface area contributed by atoms with E-state index in [1.54, 1.807) is 27.9 Å². The maximum atomic E-state index is 14.1. The summed E-state index contributed by atoms with van der Waals surface area (Å²) in [6.07, 6.45) is -8.69. The van der Waals surface area contributed by atoms with Gasteiger partial charge in [0.05, 0.1) is 37.9 Å². The molecule has 7 nitrogen and oxygen atoms in total. The van der Waals surface area contributed by atoms with Crippen LogP contribution in [0.3, 0.4) is 0 Å². The smallest absolute Gasteiger partial charge is 0.413 e. The Kier molecular flexibility index (Phi) is 12.3. The van der Waals surface area contributed by atoms with Gasteiger partial charge in [0.1, 0.15) is 24.1 Å². The van der Waals surface area contributed by atoms with E-state index in [0.717, 1.165) is 5.56 Å². The third kappa shape index (κ3) is 10.2. The monoisotopic (exact) mass is 606 g/mol. The molecule has 2 rings (SSSR count). The first kappa shape index (κ1) is 35.5. The zero-order valence-electron chi connectivity index (χ0n) is 26.2. The van der Waals surface area contributed by atoms with Crippen LogP contribution in [0.5, 0.6) is 5.75 Å². The molecule has 11 heteroatoms. The summed E-state index contributed by atoms with van der Waals surface area (Å²) in [5.41, 5.74) is 0.233. The quantitative estimate of drug-likeness (QED) is 0.176. The number of methoxy groups -OCH3 is 2. The number of carbonyl (C=O) groups is 1. The number of hydrogen-bond donors (Lipinski definition) is 0. The lowest BCUT2D eigenvalue weighted by atomic mass is 9.97. The fraction of sp³-hybridized carbons (Fsp3) is 0.767. The largest absolute Gasteiger partial charge is 0.497 e. The van der Waals surface area contributed by atoms with Crippen LogP contribution in [0, 0.1) is 5.41 Å². The second-order valence-corrected chi connectivity index (χ2v) is 18.0. The van der Waals surface area contributed by atoms with Crippen molar-refractivity contribution in [1.29, 1.82) is 0 Å². The van der Waals surface area contributed by atoms with E-state index in [9.17, 15) is 18.0 Å². The lowest BCUT2D eigenvalue weighted by Crippen LogP contribution is -2.48. The molecule has 1 heterocycles. The number of carbonyl (C=O) groups excluding carboxylic acids is 1. The summed E-state index contributed by atoms with van der Waals surface area (Å²) in [5, 5.41) is -0.370. The SMILES string of the molecule is COc1ccc(COC2C(CCOC(=O)C(C)(C)C)OC(CCC(O[Si](C)(C)C(C)(C)C)C(F)(F)F)C2OC)cc1. The van der Waals surface area contributed by atoms with Crippen molar-refractivity contribution in [2.75, 3.05) is 20.8 Å². The summed E-state index contributed by atoms with van der Waals surface area (Å²) in [5.74, 6) is 0.368. The Balaban J connectivity index is 2.19. The molecule has 236 valence electrons. The molecule has 5 unspecified atom stereocenters. The van der Waals surface area contributed by atoms with Gasteiger partial charge >= 0.3 is 12.1 Å². The van der Waals surface area contributed by atoms with E-state index in [2.05, 4.69) is 0 Å². The molecule has 1 aliphatic rings. The van der Waals surface area contributed by atoms with Crippen LogP contribution in [0.4, 0.5) is 13.2 Å². The van der Waals surface area contributed by atoms with Gasteiger partial charge in [-0.1, -0.05) is 32.9 Å². The average Bonchev–Trinajstić information content (AvgIpc) is 3.19. The lowest BCUT2D eigenvalue weighted by Gasteiger charge is -2.40. The first-order valence-corrected chi connectivity index (χ1v) is 17.1. The van der Waals surface area contributed by atoms with Crippen molar-refractivity contribution in [3.63, 3.8) is 0 Å². The fourth-order valence-electron chi connectivity index (χ4n) is 4.29. The Morgan fingerprint density at radius 2 is 1.54 bits per heavy atom. The van der Waals surface area contributed by atoms with Gasteiger partial charge in [-0.25, -0.2) is 0 Å². The molecule has 0 radical (unpaired) electrons. The Morgan fingerprint density at radius 1 is 0.951 bits per heavy atom. The van der Waals surface area contributed by atoms with Gasteiger partial charge in [-0.05, 0) is 69.4 Å². The number of halogens is 3. The summed E-state index contributed by atoms with van der Waals surface area (Å²) < 4.78 is 77.0. The molecule has 1 aromatic rings. The highest BCUT2D eigenvalue weighted by Crippen LogP contribution is 2.41. The normalized spacial score (nSPS) is 23.0. The molecule has 41 heavy (non-hydrogen) atoms. The first-order chi connectivity index (χ1) is 18.8. The van der Waals surface area contributed by atoms with Crippen molar-refractivity contribution in [3.8, 4) is 5.75 Å². The number of alkyl halides is 3. The van der Waals surface area contributed by atoms with Crippen LogP contribution in [0.2, 0.25) is 18.1 Å². The minimum Gasteiger partial charge on any atom is -0.497 e. The van der Waals surface area contributed by atoms with E-state index >= 15 is 0 Å². The van der Waals surface area contributed by atoms with Crippen LogP contribution >= 0.6 is 0 Å². The summed E-state index contributed by atoms with van der Waals surface area (Å²) in [4.78, 5) is 12.3. The molecule has 5 atom stereocenters. The molecule has 1 aliphatic heterocycles. The number of esters is 1. The molecule has 1 aromatic carbocycles. The Labute approximate surface area is 244 Å². The molecule has 0 amide bonds. The van der Waals surface area contributed by atoms with Crippen LogP contribution in [0.1, 0.15) is 66.4 Å². The summed E-state index contributed by atoms with van der Waals surface area (Å²) >= 11 is 0. The molecular weight excluding hydrogens is 557 g/mol. The molecule has 0 spiro atoms. The maximum Gasteiger partial charge on any atom is 0.413 e. The topological polar surface area (TPSA) is 72.5 Å². The minimum atomic E-state index is -4.51. The van der Waals surface area contributed by atoms with Crippen LogP contribution in [0.25, 0.3) is 0 Å². The van der Waals surface area contributed by atoms with Gasteiger partial charge in [-0.2, -0.15) is 13.2 Å². The molecule has 0 aliphatic carbocycles. The average molecular weight is 607 g/mol. The molecular formula is C30H49F3O7Si. The van der Waals surface area contributed by atoms with Crippen LogP contribution in [-0.2, 0) is 34.8 Å². The molecule has 0 aromatic heterocycles. The van der Waals surface area contributed by atoms with Crippen LogP contribution < -0.4 is 4.74 Å². The van der Waals surface area contributed by atoms with Crippen LogP contribution in [0.15, 0.2) is 24.3 Å². The zero-order chi connectivity index (χ0) is 31.2. The first-order valence-electron chi connectivity index (χ1n) is 14.1. The van der Waals surface area contributed by atoms with Crippen molar-refractivity contribution in [3.05, 3.63) is 29.8 Å². The number of ether oxygens (including phenoxy) is 5. The van der Waals surface area contributed by atoms with Gasteiger partial charge in [0, 0.05) is 13.5 Å². The number of rotatable bonds is 13. The predicted octanol–water partition coefficient (Wildman–Crippen LogP) is 7.08. The highest BCUT2D eigenvalue weighted by Gasteiger charge is 2.50. The standard InChI is InChI=1S/C30H49F3O7Si/c1-28(2,3)27(34)37-18-17-23-26(38-19-20-11-13-21(35-7)14-12-20)25(36-8)22(39-23)15-16-24(30(31,32)33)40-41(9,10)29(4,5)6/h11-14,22-26H,15-19H2,1-10H3. The molecule has 0 bridgehead atoms. The van der Waals surface area contributed by atoms with E-state index in [-0.39, 0.29) is 37.1 Å². The van der Waals surface area contributed by atoms with Gasteiger partial charge in [-0.15, -0.1) is 0 Å². The summed E-state index contributed by atoms with van der Waals surface area (Å²) in [7, 11) is 0.404. The zero-order valence-corrected chi connectivity index (χ0v) is 27.2. The van der Waals surface area contributed by atoms with E-state index < -0.39 is 50.4 Å². The number of benzene rings is 1. The Morgan fingerprint density at radius 3 is 2.02 bits per heavy atom. The highest BCUT2D eigenvalue weighted by atomic mass is 28.4. The molecule has 0 N–H and O–H groups in total. The van der Waals surface area contributed by atoms with Crippen molar-refractivity contribution in [1.82, 2.24) is 0 Å². The second kappa shape index (κ2) is 14.2. The van der Waals surface area contributed by atoms with Crippen molar-refractivity contribution in [2.24, 2.45) is 5.41 Å². The third-order valence-electron chi connectivity index (χ3n) is 7.85. The van der Waals surface area contributed by atoms with Gasteiger partial charge in [0.15, 0.2) is 8.32 Å². The third-order valence-corrected chi connectivity index (χ3v) is 12.3. The number of hydrogen-bond acceptors (Lipinski definition) is 7. The highest BCUT2D eigenvalue weighted by molar-refractivity contribution is 6.74. The van der Waals surface area contributed by atoms with Gasteiger partial charge < -0.3 is 28.1 Å². The van der Waals surface area contributed by atoms with Gasteiger partial charge in [0.25, 0.3) is 0 Å². The Hall–Kier alpha value is -1.66. The van der Waals surface area contributed by atoms with Crippen molar-refractivity contribution < 1.29 is 46.1 Å². The lowest BCUT2D eigenvalue weighted by molar-refractivity contribution is -0.202. The van der Waals surface area contributed by atoms with E-state index in [4.69, 9.17) is 28.1 Å². The van der Waals surface area contributed by atoms with Crippen molar-refractivity contribution in [2.45, 2.75) is 122 Å². The molecule has 0 saturated carbocycles. The van der Waals surface area contributed by atoms with Crippen molar-refractivity contribution >= 4 is 14.3 Å². The van der Waals surface area contributed by atoms with E-state index in [1.165, 1.54) is 7.11 Å². The minimum absolute atomic E-state index is 0.0674. The molecule has 1 fully saturated rings. The molecule has 1 saturated heterocycles. The van der Waals surface area contributed by atoms with E-state index in [0.29, 0.717) is 12.2 Å². The summed E-state index contributed by atoms with van der Waals surface area (Å²) in [6, 6.07) is 7.40. The second-order valence-electron chi connectivity index (χ2n) is 13.2. The Bertz CT molecular complexity index is 955. The fourth-order valence-corrected chi connectivity index (χ4v) is 5.61. The predicted molar refractivity (Wildman–Crippen MR) is 153 cm³/mol. The van der Waals surface area contributed by atoms with Gasteiger partial charge in [0.2, 0.25) is 0 Å².